The molecule has 136 valence electrons. The number of halogens is 1. The first kappa shape index (κ1) is 21.2. The first-order valence-electron chi connectivity index (χ1n) is 7.84. The highest BCUT2D eigenvalue weighted by molar-refractivity contribution is 7.91. The summed E-state index contributed by atoms with van der Waals surface area (Å²) in [6.45, 7) is 0.312. The van der Waals surface area contributed by atoms with Crippen molar-refractivity contribution in [2.24, 2.45) is 5.73 Å². The molecule has 0 saturated heterocycles. The molecule has 2 rings (SSSR count). The van der Waals surface area contributed by atoms with Gasteiger partial charge in [-0.15, -0.1) is 12.4 Å². The van der Waals surface area contributed by atoms with E-state index in [9.17, 15) is 13.2 Å². The molecule has 3 N–H and O–H groups in total. The molecule has 0 saturated carbocycles. The fourth-order valence-corrected chi connectivity index (χ4v) is 3.66. The van der Waals surface area contributed by atoms with Gasteiger partial charge in [-0.25, -0.2) is 8.42 Å². The van der Waals surface area contributed by atoms with E-state index in [2.05, 4.69) is 5.32 Å². The first-order chi connectivity index (χ1) is 11.5. The molecule has 2 aromatic carbocycles. The highest BCUT2D eigenvalue weighted by Gasteiger charge is 2.14. The molecular formula is C18H23ClN2O3S. The number of rotatable bonds is 8. The Balaban J connectivity index is 0.00000312. The Labute approximate surface area is 155 Å². The maximum Gasteiger partial charge on any atom is 0.221 e. The summed E-state index contributed by atoms with van der Waals surface area (Å²) in [4.78, 5) is 12.2. The predicted octanol–water partition coefficient (Wildman–Crippen LogP) is 2.48. The van der Waals surface area contributed by atoms with E-state index < -0.39 is 9.84 Å². The number of carbonyl (C=O) groups excluding carboxylic acids is 1. The molecule has 5 nitrogen and oxygen atoms in total. The molecule has 0 bridgehead atoms. The summed E-state index contributed by atoms with van der Waals surface area (Å²) in [7, 11) is -3.30. The number of carbonyl (C=O) groups is 1. The van der Waals surface area contributed by atoms with Crippen molar-refractivity contribution in [3.05, 3.63) is 66.2 Å². The van der Waals surface area contributed by atoms with Crippen LogP contribution in [0.1, 0.15) is 24.4 Å². The highest BCUT2D eigenvalue weighted by atomic mass is 35.5. The topological polar surface area (TPSA) is 89.3 Å². The molecular weight excluding hydrogens is 360 g/mol. The van der Waals surface area contributed by atoms with Crippen molar-refractivity contribution in [1.82, 2.24) is 5.32 Å². The van der Waals surface area contributed by atoms with Crippen LogP contribution >= 0.6 is 12.4 Å². The molecule has 1 amide bonds. The Bertz CT molecular complexity index is 752. The fourth-order valence-electron chi connectivity index (χ4n) is 2.33. The van der Waals surface area contributed by atoms with E-state index in [4.69, 9.17) is 5.73 Å². The number of amides is 1. The fraction of sp³-hybridized carbons (Fsp3) is 0.278. The Hall–Kier alpha value is -1.89. The largest absolute Gasteiger partial charge is 0.356 e. The van der Waals surface area contributed by atoms with Gasteiger partial charge < -0.3 is 11.1 Å². The van der Waals surface area contributed by atoms with E-state index in [1.165, 1.54) is 0 Å². The van der Waals surface area contributed by atoms with Gasteiger partial charge in [0.1, 0.15) is 0 Å². The van der Waals surface area contributed by atoms with E-state index in [0.29, 0.717) is 17.9 Å². The Kier molecular flexibility index (Phi) is 8.61. The first-order valence-corrected chi connectivity index (χ1v) is 9.49. The number of hydrogen-bond acceptors (Lipinski definition) is 4. The lowest BCUT2D eigenvalue weighted by atomic mass is 10.0. The zero-order valence-electron chi connectivity index (χ0n) is 13.8. The zero-order chi connectivity index (χ0) is 17.4. The molecule has 0 heterocycles. The summed E-state index contributed by atoms with van der Waals surface area (Å²) >= 11 is 0. The third kappa shape index (κ3) is 6.86. The van der Waals surface area contributed by atoms with Crippen LogP contribution in [0.4, 0.5) is 0 Å². The van der Waals surface area contributed by atoms with Gasteiger partial charge in [0.25, 0.3) is 0 Å². The van der Waals surface area contributed by atoms with Gasteiger partial charge in [-0.2, -0.15) is 0 Å². The van der Waals surface area contributed by atoms with Crippen LogP contribution < -0.4 is 11.1 Å². The number of hydrogen-bond donors (Lipinski definition) is 2. The Morgan fingerprint density at radius 2 is 1.56 bits per heavy atom. The zero-order valence-corrected chi connectivity index (χ0v) is 15.4. The van der Waals surface area contributed by atoms with Crippen molar-refractivity contribution in [1.29, 1.82) is 0 Å². The van der Waals surface area contributed by atoms with Crippen molar-refractivity contribution in [2.75, 3.05) is 12.3 Å². The van der Waals surface area contributed by atoms with E-state index in [0.717, 1.165) is 5.56 Å². The minimum Gasteiger partial charge on any atom is -0.356 e. The standard InChI is InChI=1S/C18H22N2O3S.ClH/c19-17(15-8-3-1-4-9-15)14-18(21)20-12-7-13-24(22,23)16-10-5-2-6-11-16;/h1-6,8-11,17H,7,12-14,19H2,(H,20,21);1H. The molecule has 0 aromatic heterocycles. The molecule has 0 aliphatic rings. The van der Waals surface area contributed by atoms with Crippen molar-refractivity contribution >= 4 is 28.2 Å². The van der Waals surface area contributed by atoms with Crippen molar-refractivity contribution < 1.29 is 13.2 Å². The summed E-state index contributed by atoms with van der Waals surface area (Å²) in [5.74, 6) is -0.175. The van der Waals surface area contributed by atoms with Crippen LogP contribution in [0.3, 0.4) is 0 Å². The molecule has 0 aliphatic heterocycles. The summed E-state index contributed by atoms with van der Waals surface area (Å²) in [5, 5.41) is 2.72. The van der Waals surface area contributed by atoms with E-state index in [1.807, 2.05) is 30.3 Å². The number of nitrogens with one attached hydrogen (secondary N) is 1. The average Bonchev–Trinajstić information content (AvgIpc) is 2.60. The summed E-state index contributed by atoms with van der Waals surface area (Å²) in [6, 6.07) is 17.4. The molecule has 0 radical (unpaired) electrons. The van der Waals surface area contributed by atoms with E-state index >= 15 is 0 Å². The lowest BCUT2D eigenvalue weighted by Crippen LogP contribution is -2.29. The number of nitrogens with two attached hydrogens (primary N) is 1. The maximum absolute atomic E-state index is 12.1. The minimum absolute atomic E-state index is 0. The van der Waals surface area contributed by atoms with E-state index in [-0.39, 0.29) is 36.5 Å². The molecule has 1 unspecified atom stereocenters. The second-order valence-corrected chi connectivity index (χ2v) is 7.67. The highest BCUT2D eigenvalue weighted by Crippen LogP contribution is 2.13. The lowest BCUT2D eigenvalue weighted by Gasteiger charge is -2.12. The molecule has 1 atom stereocenters. The van der Waals surface area contributed by atoms with Gasteiger partial charge in [0, 0.05) is 19.0 Å². The summed E-state index contributed by atoms with van der Waals surface area (Å²) < 4.78 is 24.2. The van der Waals surface area contributed by atoms with Crippen LogP contribution in [0.2, 0.25) is 0 Å². The third-order valence-corrected chi connectivity index (χ3v) is 5.46. The smallest absolute Gasteiger partial charge is 0.221 e. The molecule has 25 heavy (non-hydrogen) atoms. The minimum atomic E-state index is -3.30. The SMILES string of the molecule is Cl.NC(CC(=O)NCCCS(=O)(=O)c1ccccc1)c1ccccc1. The monoisotopic (exact) mass is 382 g/mol. The average molecular weight is 383 g/mol. The van der Waals surface area contributed by atoms with Gasteiger partial charge in [0.05, 0.1) is 10.6 Å². The van der Waals surface area contributed by atoms with Gasteiger partial charge in [0.2, 0.25) is 5.91 Å². The van der Waals surface area contributed by atoms with Crippen LogP contribution in [0, 0.1) is 0 Å². The van der Waals surface area contributed by atoms with Crippen molar-refractivity contribution in [3.63, 3.8) is 0 Å². The van der Waals surface area contributed by atoms with Crippen molar-refractivity contribution in [3.8, 4) is 0 Å². The molecule has 0 aliphatic carbocycles. The number of benzene rings is 2. The van der Waals surface area contributed by atoms with Crippen LogP contribution in [0.5, 0.6) is 0 Å². The Morgan fingerprint density at radius 3 is 2.16 bits per heavy atom. The predicted molar refractivity (Wildman–Crippen MR) is 101 cm³/mol. The quantitative estimate of drug-likeness (QED) is 0.686. The third-order valence-electron chi connectivity index (χ3n) is 3.65. The van der Waals surface area contributed by atoms with Crippen LogP contribution in [-0.2, 0) is 14.6 Å². The summed E-state index contributed by atoms with van der Waals surface area (Å²) in [5.41, 5.74) is 6.89. The molecule has 0 fully saturated rings. The molecule has 2 aromatic rings. The number of sulfone groups is 1. The second kappa shape index (κ2) is 10.2. The second-order valence-electron chi connectivity index (χ2n) is 5.56. The molecule has 0 spiro atoms. The van der Waals surface area contributed by atoms with Gasteiger partial charge in [-0.1, -0.05) is 48.5 Å². The van der Waals surface area contributed by atoms with Crippen LogP contribution in [0.25, 0.3) is 0 Å². The maximum atomic E-state index is 12.1. The normalized spacial score (nSPS) is 12.0. The lowest BCUT2D eigenvalue weighted by molar-refractivity contribution is -0.121. The van der Waals surface area contributed by atoms with Gasteiger partial charge in [-0.3, -0.25) is 4.79 Å². The van der Waals surface area contributed by atoms with E-state index in [1.54, 1.807) is 30.3 Å². The van der Waals surface area contributed by atoms with Crippen LogP contribution in [0.15, 0.2) is 65.6 Å². The van der Waals surface area contributed by atoms with Gasteiger partial charge in [0.15, 0.2) is 9.84 Å². The van der Waals surface area contributed by atoms with Crippen molar-refractivity contribution in [2.45, 2.75) is 23.8 Å². The van der Waals surface area contributed by atoms with Gasteiger partial charge in [-0.05, 0) is 24.1 Å². The van der Waals surface area contributed by atoms with Crippen LogP contribution in [-0.4, -0.2) is 26.6 Å². The summed E-state index contributed by atoms with van der Waals surface area (Å²) in [6.07, 6.45) is 0.541. The molecule has 7 heteroatoms. The van der Waals surface area contributed by atoms with Gasteiger partial charge >= 0.3 is 0 Å². The Morgan fingerprint density at radius 1 is 1.00 bits per heavy atom.